The first-order valence-corrected chi connectivity index (χ1v) is 4.62. The van der Waals surface area contributed by atoms with Gasteiger partial charge >= 0.3 is 6.03 Å². The van der Waals surface area contributed by atoms with Crippen molar-refractivity contribution in [2.45, 2.75) is 6.42 Å². The summed E-state index contributed by atoms with van der Waals surface area (Å²) < 4.78 is 0. The summed E-state index contributed by atoms with van der Waals surface area (Å²) in [6, 6.07) is 6.87. The van der Waals surface area contributed by atoms with Gasteiger partial charge in [0, 0.05) is 19.3 Å². The van der Waals surface area contributed by atoms with E-state index in [1.807, 2.05) is 12.1 Å². The van der Waals surface area contributed by atoms with Crippen LogP contribution in [-0.2, 0) is 6.42 Å². The molecule has 15 heavy (non-hydrogen) atoms. The monoisotopic (exact) mass is 209 g/mol. The predicted octanol–water partition coefficient (Wildman–Crippen LogP) is 0.559. The van der Waals surface area contributed by atoms with E-state index in [9.17, 15) is 4.79 Å². The van der Waals surface area contributed by atoms with Crippen molar-refractivity contribution in [3.8, 4) is 0 Å². The van der Waals surface area contributed by atoms with Gasteiger partial charge in [-0.2, -0.15) is 0 Å². The highest BCUT2D eigenvalue weighted by Crippen LogP contribution is 2.09. The zero-order valence-corrected chi connectivity index (χ0v) is 8.60. The maximum atomic E-state index is 11.2. The Hall–Kier alpha value is -1.59. The van der Waals surface area contributed by atoms with Crippen LogP contribution in [-0.4, -0.2) is 29.8 Å². The number of nitrogens with one attached hydrogen (secondary N) is 1. The fourth-order valence-corrected chi connectivity index (χ4v) is 1.10. The van der Waals surface area contributed by atoms with Crippen LogP contribution in [0.15, 0.2) is 24.3 Å². The number of amides is 2. The van der Waals surface area contributed by atoms with Crippen LogP contribution in [0.5, 0.6) is 0 Å². The number of nitrogens with two attached hydrogens (primary N) is 1. The van der Waals surface area contributed by atoms with Crippen molar-refractivity contribution in [2.75, 3.05) is 19.0 Å². The molecule has 0 saturated carbocycles. The Labute approximate surface area is 88.5 Å². The zero-order chi connectivity index (χ0) is 11.3. The molecule has 0 atom stereocenters. The first kappa shape index (κ1) is 11.5. The first-order valence-electron chi connectivity index (χ1n) is 4.62. The molecule has 0 aliphatic heterocycles. The van der Waals surface area contributed by atoms with E-state index in [0.29, 0.717) is 12.1 Å². The SMILES string of the molecule is CN(N)C(=O)Nc1ccc(CCO)cc1. The van der Waals surface area contributed by atoms with Crippen LogP contribution in [0.3, 0.4) is 0 Å². The topological polar surface area (TPSA) is 78.6 Å². The van der Waals surface area contributed by atoms with Crippen molar-refractivity contribution in [1.82, 2.24) is 5.01 Å². The number of anilines is 1. The van der Waals surface area contributed by atoms with E-state index in [-0.39, 0.29) is 12.6 Å². The quantitative estimate of drug-likeness (QED) is 0.386. The Morgan fingerprint density at radius 3 is 2.53 bits per heavy atom. The molecule has 0 radical (unpaired) electrons. The van der Waals surface area contributed by atoms with Crippen LogP contribution in [0.2, 0.25) is 0 Å². The number of rotatable bonds is 3. The predicted molar refractivity (Wildman–Crippen MR) is 58.2 cm³/mol. The van der Waals surface area contributed by atoms with Gasteiger partial charge in [-0.05, 0) is 24.1 Å². The van der Waals surface area contributed by atoms with Crippen molar-refractivity contribution in [1.29, 1.82) is 0 Å². The van der Waals surface area contributed by atoms with Crippen molar-refractivity contribution >= 4 is 11.7 Å². The molecular formula is C10H15N3O2. The van der Waals surface area contributed by atoms with Gasteiger partial charge < -0.3 is 10.4 Å². The molecule has 5 nitrogen and oxygen atoms in total. The molecule has 1 aromatic rings. The van der Waals surface area contributed by atoms with Crippen LogP contribution < -0.4 is 11.2 Å². The summed E-state index contributed by atoms with van der Waals surface area (Å²) in [6.45, 7) is 0.122. The fraction of sp³-hybridized carbons (Fsp3) is 0.300. The number of aliphatic hydroxyl groups excluding tert-OH is 1. The van der Waals surface area contributed by atoms with E-state index in [1.54, 1.807) is 12.1 Å². The Kier molecular flexibility index (Phi) is 4.08. The minimum absolute atomic E-state index is 0.122. The summed E-state index contributed by atoms with van der Waals surface area (Å²) in [5.41, 5.74) is 1.70. The van der Waals surface area contributed by atoms with E-state index in [0.717, 1.165) is 10.6 Å². The lowest BCUT2D eigenvalue weighted by Crippen LogP contribution is -2.36. The summed E-state index contributed by atoms with van der Waals surface area (Å²) in [5.74, 6) is 5.25. The maximum Gasteiger partial charge on any atom is 0.335 e. The number of carbonyl (C=O) groups is 1. The fourth-order valence-electron chi connectivity index (χ4n) is 1.10. The van der Waals surface area contributed by atoms with Crippen molar-refractivity contribution < 1.29 is 9.90 Å². The lowest BCUT2D eigenvalue weighted by Gasteiger charge is -2.11. The third kappa shape index (κ3) is 3.57. The van der Waals surface area contributed by atoms with Gasteiger partial charge in [0.05, 0.1) is 0 Å². The zero-order valence-electron chi connectivity index (χ0n) is 8.60. The largest absolute Gasteiger partial charge is 0.396 e. The molecule has 0 aromatic heterocycles. The van der Waals surface area contributed by atoms with Gasteiger partial charge in [-0.1, -0.05) is 12.1 Å². The minimum atomic E-state index is -0.370. The molecule has 1 aromatic carbocycles. The molecule has 1 rings (SSSR count). The van der Waals surface area contributed by atoms with Crippen LogP contribution >= 0.6 is 0 Å². The van der Waals surface area contributed by atoms with Crippen LogP contribution in [0, 0.1) is 0 Å². The number of carbonyl (C=O) groups excluding carboxylic acids is 1. The van der Waals surface area contributed by atoms with E-state index >= 15 is 0 Å². The van der Waals surface area contributed by atoms with Crippen molar-refractivity contribution in [2.24, 2.45) is 5.84 Å². The maximum absolute atomic E-state index is 11.2. The molecular weight excluding hydrogens is 194 g/mol. The molecule has 0 unspecified atom stereocenters. The molecule has 0 fully saturated rings. The normalized spacial score (nSPS) is 9.80. The molecule has 2 amide bonds. The van der Waals surface area contributed by atoms with Gasteiger partial charge in [-0.25, -0.2) is 10.6 Å². The molecule has 0 heterocycles. The van der Waals surface area contributed by atoms with E-state index in [1.165, 1.54) is 7.05 Å². The molecule has 0 aliphatic carbocycles. The number of hydrogen-bond donors (Lipinski definition) is 3. The number of benzene rings is 1. The smallest absolute Gasteiger partial charge is 0.335 e. The number of urea groups is 1. The molecule has 0 bridgehead atoms. The number of aliphatic hydroxyl groups is 1. The molecule has 82 valence electrons. The number of hydrazine groups is 1. The number of nitrogens with zero attached hydrogens (tertiary/aromatic N) is 1. The Morgan fingerprint density at radius 2 is 2.07 bits per heavy atom. The highest BCUT2D eigenvalue weighted by atomic mass is 16.3. The van der Waals surface area contributed by atoms with E-state index in [4.69, 9.17) is 10.9 Å². The second kappa shape index (κ2) is 5.33. The summed E-state index contributed by atoms with van der Waals surface area (Å²) in [6.07, 6.45) is 0.616. The van der Waals surface area contributed by atoms with Gasteiger partial charge in [0.25, 0.3) is 0 Å². The first-order chi connectivity index (χ1) is 7.13. The summed E-state index contributed by atoms with van der Waals surface area (Å²) in [7, 11) is 1.47. The molecule has 0 spiro atoms. The van der Waals surface area contributed by atoms with Crippen LogP contribution in [0.1, 0.15) is 5.56 Å². The van der Waals surface area contributed by atoms with Crippen LogP contribution in [0.4, 0.5) is 10.5 Å². The van der Waals surface area contributed by atoms with Gasteiger partial charge in [0.15, 0.2) is 0 Å². The average molecular weight is 209 g/mol. The van der Waals surface area contributed by atoms with Crippen molar-refractivity contribution in [3.63, 3.8) is 0 Å². The molecule has 5 heteroatoms. The lowest BCUT2D eigenvalue weighted by molar-refractivity contribution is 0.223. The Bertz CT molecular complexity index is 322. The van der Waals surface area contributed by atoms with Gasteiger partial charge in [0.1, 0.15) is 0 Å². The van der Waals surface area contributed by atoms with E-state index in [2.05, 4.69) is 5.32 Å². The van der Waals surface area contributed by atoms with Crippen molar-refractivity contribution in [3.05, 3.63) is 29.8 Å². The standard InChI is InChI=1S/C10H15N3O2/c1-13(11)10(15)12-9-4-2-8(3-5-9)6-7-14/h2-5,14H,6-7,11H2,1H3,(H,12,15). The third-order valence-corrected chi connectivity index (χ3v) is 1.93. The average Bonchev–Trinajstić information content (AvgIpc) is 2.21. The number of hydrogen-bond acceptors (Lipinski definition) is 3. The molecule has 0 saturated heterocycles. The minimum Gasteiger partial charge on any atom is -0.396 e. The highest BCUT2D eigenvalue weighted by molar-refractivity contribution is 5.88. The summed E-state index contributed by atoms with van der Waals surface area (Å²) in [5, 5.41) is 12.3. The summed E-state index contributed by atoms with van der Waals surface area (Å²) >= 11 is 0. The second-order valence-electron chi connectivity index (χ2n) is 3.21. The highest BCUT2D eigenvalue weighted by Gasteiger charge is 2.03. The van der Waals surface area contributed by atoms with Crippen LogP contribution in [0.25, 0.3) is 0 Å². The Balaban J connectivity index is 2.60. The third-order valence-electron chi connectivity index (χ3n) is 1.93. The van der Waals surface area contributed by atoms with Gasteiger partial charge in [-0.3, -0.25) is 5.01 Å². The second-order valence-corrected chi connectivity index (χ2v) is 3.21. The molecule has 4 N–H and O–H groups in total. The summed E-state index contributed by atoms with van der Waals surface area (Å²) in [4.78, 5) is 11.2. The van der Waals surface area contributed by atoms with E-state index < -0.39 is 0 Å². The lowest BCUT2D eigenvalue weighted by atomic mass is 10.1. The van der Waals surface area contributed by atoms with Gasteiger partial charge in [-0.15, -0.1) is 0 Å². The van der Waals surface area contributed by atoms with Gasteiger partial charge in [0.2, 0.25) is 0 Å². The molecule has 0 aliphatic rings. The Morgan fingerprint density at radius 1 is 1.47 bits per heavy atom.